The monoisotopic (exact) mass is 593 g/mol. The van der Waals surface area contributed by atoms with Gasteiger partial charge >= 0.3 is 11.9 Å². The highest BCUT2D eigenvalue weighted by molar-refractivity contribution is 7.92. The van der Waals surface area contributed by atoms with Crippen LogP contribution in [0.25, 0.3) is 10.2 Å². The van der Waals surface area contributed by atoms with E-state index in [1.54, 1.807) is 31.2 Å². The van der Waals surface area contributed by atoms with Crippen molar-refractivity contribution in [1.82, 2.24) is 4.57 Å². The second-order valence-electron chi connectivity index (χ2n) is 8.74. The molecule has 0 fully saturated rings. The number of hydrogen-bond donors (Lipinski definition) is 1. The highest BCUT2D eigenvalue weighted by Crippen LogP contribution is 2.38. The Balaban J connectivity index is 1.51. The average Bonchev–Trinajstić information content (AvgIpc) is 3.40. The number of aryl methyl sites for hydroxylation is 1. The molecule has 14 heteroatoms. The number of ether oxygens (including phenoxy) is 2. The Morgan fingerprint density at radius 1 is 1.08 bits per heavy atom. The number of carbonyl (C=O) groups is 4. The van der Waals surface area contributed by atoms with Gasteiger partial charge in [0.2, 0.25) is 5.91 Å². The van der Waals surface area contributed by atoms with Crippen LogP contribution in [-0.4, -0.2) is 62.0 Å². The van der Waals surface area contributed by atoms with Crippen molar-refractivity contribution in [2.24, 2.45) is 4.99 Å². The largest absolute Gasteiger partial charge is 0.468 e. The summed E-state index contributed by atoms with van der Waals surface area (Å²) in [7, 11) is -2.97. The normalized spacial score (nSPS) is 13.6. The van der Waals surface area contributed by atoms with E-state index >= 15 is 0 Å². The van der Waals surface area contributed by atoms with E-state index in [1.165, 1.54) is 23.0 Å². The maximum Gasteiger partial charge on any atom is 0.341 e. The number of methoxy groups -OCH3 is 1. The lowest BCUT2D eigenvalue weighted by Gasteiger charge is -2.12. The molecule has 1 N–H and O–H groups in total. The van der Waals surface area contributed by atoms with Crippen LogP contribution in [0.15, 0.2) is 29.3 Å². The summed E-state index contributed by atoms with van der Waals surface area (Å²) in [6.07, 6.45) is 3.31. The molecule has 2 amide bonds. The molecule has 0 saturated heterocycles. The van der Waals surface area contributed by atoms with Crippen molar-refractivity contribution in [2.45, 2.75) is 39.2 Å². The first-order valence-corrected chi connectivity index (χ1v) is 15.6. The van der Waals surface area contributed by atoms with E-state index in [4.69, 9.17) is 9.47 Å². The van der Waals surface area contributed by atoms with Gasteiger partial charge in [0, 0.05) is 4.88 Å². The molecule has 0 spiro atoms. The molecule has 0 bridgehead atoms. The van der Waals surface area contributed by atoms with Crippen LogP contribution in [0.3, 0.4) is 0 Å². The number of carbonyl (C=O) groups excluding carboxylic acids is 4. The van der Waals surface area contributed by atoms with Crippen LogP contribution in [0, 0.1) is 0 Å². The van der Waals surface area contributed by atoms with Gasteiger partial charge in [-0.1, -0.05) is 23.5 Å². The van der Waals surface area contributed by atoms with Crippen LogP contribution in [0.1, 0.15) is 40.6 Å². The van der Waals surface area contributed by atoms with Gasteiger partial charge in [0.15, 0.2) is 14.6 Å². The van der Waals surface area contributed by atoms with Crippen LogP contribution in [0.4, 0.5) is 5.00 Å². The minimum atomic E-state index is -4.20. The molecule has 4 rings (SSSR count). The number of nitrogens with zero attached hydrogens (tertiary/aromatic N) is 2. The number of thiazole rings is 1. The number of amides is 2. The van der Waals surface area contributed by atoms with E-state index in [0.717, 1.165) is 45.7 Å². The third-order valence-electron chi connectivity index (χ3n) is 5.92. The van der Waals surface area contributed by atoms with Gasteiger partial charge in [-0.3, -0.25) is 14.4 Å². The van der Waals surface area contributed by atoms with Crippen molar-refractivity contribution in [2.75, 3.05) is 30.5 Å². The first kappa shape index (κ1) is 28.6. The molecule has 39 heavy (non-hydrogen) atoms. The molecule has 0 atom stereocenters. The maximum absolute atomic E-state index is 12.7. The Hall–Kier alpha value is -3.36. The number of thiophene rings is 1. The minimum absolute atomic E-state index is 0.134. The van der Waals surface area contributed by atoms with Gasteiger partial charge in [0.05, 0.1) is 29.5 Å². The summed E-state index contributed by atoms with van der Waals surface area (Å²) in [6.45, 7) is 1.63. The Kier molecular flexibility index (Phi) is 8.97. The SMILES string of the molecule is CCOC(=O)c1c(NC(=O)CS(=O)(=O)CC(=O)N=c2sc3ccccc3n2CC(=O)OC)sc2c1CCCC2. The third-order valence-corrected chi connectivity index (χ3v) is 9.58. The smallest absolute Gasteiger partial charge is 0.341 e. The van der Waals surface area contributed by atoms with Gasteiger partial charge in [-0.05, 0) is 50.3 Å². The van der Waals surface area contributed by atoms with Gasteiger partial charge in [-0.2, -0.15) is 4.99 Å². The minimum Gasteiger partial charge on any atom is -0.468 e. The highest BCUT2D eigenvalue weighted by atomic mass is 32.2. The lowest BCUT2D eigenvalue weighted by molar-refractivity contribution is -0.141. The molecule has 11 nitrogen and oxygen atoms in total. The Morgan fingerprint density at radius 2 is 1.82 bits per heavy atom. The fourth-order valence-electron chi connectivity index (χ4n) is 4.27. The van der Waals surface area contributed by atoms with E-state index in [9.17, 15) is 27.6 Å². The number of nitrogens with one attached hydrogen (secondary N) is 1. The molecule has 0 saturated carbocycles. The third kappa shape index (κ3) is 6.81. The number of fused-ring (bicyclic) bond motifs is 2. The molecule has 3 aromatic rings. The van der Waals surface area contributed by atoms with Crippen molar-refractivity contribution in [3.8, 4) is 0 Å². The summed E-state index contributed by atoms with van der Waals surface area (Å²) in [5, 5.41) is 2.80. The van der Waals surface area contributed by atoms with Gasteiger partial charge < -0.3 is 19.4 Å². The summed E-state index contributed by atoms with van der Waals surface area (Å²) in [5.74, 6) is -4.94. The number of anilines is 1. The predicted molar refractivity (Wildman–Crippen MR) is 147 cm³/mol. The van der Waals surface area contributed by atoms with E-state index in [1.807, 2.05) is 0 Å². The molecule has 1 aliphatic rings. The number of benzene rings is 1. The van der Waals surface area contributed by atoms with E-state index < -0.39 is 45.1 Å². The van der Waals surface area contributed by atoms with Crippen LogP contribution in [-0.2, 0) is 53.1 Å². The first-order valence-electron chi connectivity index (χ1n) is 12.2. The number of esters is 2. The van der Waals surface area contributed by atoms with Crippen molar-refractivity contribution in [3.05, 3.63) is 45.1 Å². The molecule has 0 aliphatic heterocycles. The van der Waals surface area contributed by atoms with Crippen LogP contribution in [0.5, 0.6) is 0 Å². The van der Waals surface area contributed by atoms with Crippen LogP contribution < -0.4 is 10.1 Å². The van der Waals surface area contributed by atoms with E-state index in [2.05, 4.69) is 10.3 Å². The zero-order valence-corrected chi connectivity index (χ0v) is 23.8. The van der Waals surface area contributed by atoms with Gasteiger partial charge in [0.25, 0.3) is 5.91 Å². The second-order valence-corrected chi connectivity index (χ2v) is 12.9. The molecule has 2 aromatic heterocycles. The highest BCUT2D eigenvalue weighted by Gasteiger charge is 2.29. The molecule has 0 unspecified atom stereocenters. The van der Waals surface area contributed by atoms with Crippen molar-refractivity contribution >= 4 is 71.5 Å². The molecule has 1 aliphatic carbocycles. The quantitative estimate of drug-likeness (QED) is 0.372. The molecule has 0 radical (unpaired) electrons. The standard InChI is InChI=1S/C25H27N3O8S3/c1-3-36-24(32)22-15-8-4-6-10-17(15)37-23(22)26-19(29)13-39(33,34)14-20(30)27-25-28(12-21(31)35-2)16-9-5-7-11-18(16)38-25/h5,7,9,11H,3-4,6,8,10,12-14H2,1-2H3,(H,26,29). The van der Waals surface area contributed by atoms with Crippen molar-refractivity contribution in [3.63, 3.8) is 0 Å². The molecular formula is C25H27N3O8S3. The fraction of sp³-hybridized carbons (Fsp3) is 0.400. The van der Waals surface area contributed by atoms with Crippen LogP contribution >= 0.6 is 22.7 Å². The van der Waals surface area contributed by atoms with Gasteiger partial charge in [-0.15, -0.1) is 11.3 Å². The van der Waals surface area contributed by atoms with Gasteiger partial charge in [-0.25, -0.2) is 13.2 Å². The summed E-state index contributed by atoms with van der Waals surface area (Å²) in [5.41, 5.74) is 1.74. The van der Waals surface area contributed by atoms with E-state index in [-0.39, 0.29) is 28.5 Å². The summed E-state index contributed by atoms with van der Waals surface area (Å²) in [4.78, 5) is 54.9. The summed E-state index contributed by atoms with van der Waals surface area (Å²) in [6, 6.07) is 7.07. The topological polar surface area (TPSA) is 150 Å². The second kappa shape index (κ2) is 12.2. The number of para-hydroxylation sites is 1. The maximum atomic E-state index is 12.7. The molecule has 208 valence electrons. The molecule has 2 heterocycles. The Bertz CT molecular complexity index is 1610. The predicted octanol–water partition coefficient (Wildman–Crippen LogP) is 2.47. The zero-order valence-electron chi connectivity index (χ0n) is 21.4. The lowest BCUT2D eigenvalue weighted by atomic mass is 9.95. The van der Waals surface area contributed by atoms with Crippen molar-refractivity contribution < 1.29 is 37.1 Å². The number of sulfone groups is 1. The zero-order chi connectivity index (χ0) is 28.2. The van der Waals surface area contributed by atoms with Crippen LogP contribution in [0.2, 0.25) is 0 Å². The average molecular weight is 594 g/mol. The lowest BCUT2D eigenvalue weighted by Crippen LogP contribution is -2.29. The number of hydrogen-bond acceptors (Lipinski definition) is 10. The molecule has 1 aromatic carbocycles. The Labute approximate surface area is 232 Å². The number of aromatic nitrogens is 1. The van der Waals surface area contributed by atoms with Gasteiger partial charge in [0.1, 0.15) is 23.1 Å². The van der Waals surface area contributed by atoms with Crippen molar-refractivity contribution in [1.29, 1.82) is 0 Å². The first-order chi connectivity index (χ1) is 18.6. The molecular weight excluding hydrogens is 566 g/mol. The summed E-state index contributed by atoms with van der Waals surface area (Å²) < 4.78 is 37.5. The summed E-state index contributed by atoms with van der Waals surface area (Å²) >= 11 is 2.36. The fourth-order valence-corrected chi connectivity index (χ4v) is 7.62. The Morgan fingerprint density at radius 3 is 2.56 bits per heavy atom. The number of rotatable bonds is 9. The van der Waals surface area contributed by atoms with E-state index in [0.29, 0.717) is 11.9 Å².